The molecule has 2 aliphatic rings. The second-order valence-corrected chi connectivity index (χ2v) is 11.0. The van der Waals surface area contributed by atoms with Gasteiger partial charge in [-0.15, -0.1) is 0 Å². The Morgan fingerprint density at radius 2 is 1.89 bits per heavy atom. The molecule has 1 aliphatic carbocycles. The van der Waals surface area contributed by atoms with E-state index in [9.17, 15) is 4.79 Å². The van der Waals surface area contributed by atoms with Gasteiger partial charge in [0.15, 0.2) is 5.82 Å². The number of nitrogens with two attached hydrogens (primary N) is 1. The van der Waals surface area contributed by atoms with Crippen LogP contribution in [-0.2, 0) is 20.0 Å². The van der Waals surface area contributed by atoms with Gasteiger partial charge in [0.1, 0.15) is 0 Å². The number of carbonyl (C=O) groups excluding carboxylic acids is 1. The number of aromatic nitrogens is 3. The van der Waals surface area contributed by atoms with Crippen LogP contribution >= 0.6 is 0 Å². The highest BCUT2D eigenvalue weighted by molar-refractivity contribution is 6.00. The summed E-state index contributed by atoms with van der Waals surface area (Å²) in [4.78, 5) is 20.2. The number of fused-ring (bicyclic) bond motifs is 3. The van der Waals surface area contributed by atoms with Crippen LogP contribution < -0.4 is 5.73 Å². The van der Waals surface area contributed by atoms with Gasteiger partial charge in [-0.25, -0.2) is 4.98 Å². The number of nitrogens with zero attached hydrogens (tertiary/aromatic N) is 4. The molecule has 0 saturated heterocycles. The summed E-state index contributed by atoms with van der Waals surface area (Å²) in [5.74, 6) is 2.28. The molecule has 1 atom stereocenters. The highest BCUT2D eigenvalue weighted by atomic mass is 16.2. The standard InChI is InChI=1S/C29H35N5O/c1-17(2)20-7-8-22-13-27(34(25(22)11-20)16-19-5-6-19)28-31-24-14-23-21(12-26(24)32(28)4)9-10-33(29(23)35)15-18(3)30/h7-8,11-14,17-19H,5-6,9-10,15-16,30H2,1-4H3/t18-/m1/s1. The Morgan fingerprint density at radius 3 is 2.60 bits per heavy atom. The number of hydrogen-bond acceptors (Lipinski definition) is 3. The molecule has 6 rings (SSSR count). The minimum Gasteiger partial charge on any atom is -0.338 e. The van der Waals surface area contributed by atoms with E-state index in [2.05, 4.69) is 60.4 Å². The van der Waals surface area contributed by atoms with Crippen LogP contribution in [0.25, 0.3) is 33.5 Å². The molecule has 1 saturated carbocycles. The second kappa shape index (κ2) is 8.23. The van der Waals surface area contributed by atoms with E-state index in [0.717, 1.165) is 59.1 Å². The monoisotopic (exact) mass is 469 g/mol. The first-order chi connectivity index (χ1) is 16.8. The third kappa shape index (κ3) is 3.84. The van der Waals surface area contributed by atoms with Gasteiger partial charge in [0, 0.05) is 49.2 Å². The van der Waals surface area contributed by atoms with Crippen molar-refractivity contribution < 1.29 is 4.79 Å². The lowest BCUT2D eigenvalue weighted by molar-refractivity contribution is 0.0732. The minimum atomic E-state index is -0.0321. The average Bonchev–Trinajstić information content (AvgIpc) is 3.50. The molecule has 0 unspecified atom stereocenters. The van der Waals surface area contributed by atoms with Gasteiger partial charge >= 0.3 is 0 Å². The summed E-state index contributed by atoms with van der Waals surface area (Å²) in [6, 6.07) is 13.3. The summed E-state index contributed by atoms with van der Waals surface area (Å²) in [6.45, 7) is 8.79. The van der Waals surface area contributed by atoms with Crippen LogP contribution in [0.1, 0.15) is 61.0 Å². The summed E-state index contributed by atoms with van der Waals surface area (Å²) in [7, 11) is 2.10. The predicted molar refractivity (Wildman–Crippen MR) is 142 cm³/mol. The van der Waals surface area contributed by atoms with Crippen molar-refractivity contribution in [2.45, 2.75) is 58.5 Å². The van der Waals surface area contributed by atoms with Crippen molar-refractivity contribution in [1.29, 1.82) is 0 Å². The lowest BCUT2D eigenvalue weighted by Gasteiger charge is -2.29. The fourth-order valence-electron chi connectivity index (χ4n) is 5.54. The highest BCUT2D eigenvalue weighted by Gasteiger charge is 2.28. The van der Waals surface area contributed by atoms with E-state index in [4.69, 9.17) is 10.7 Å². The fraction of sp³-hybridized carbons (Fsp3) is 0.448. The molecule has 4 aromatic rings. The van der Waals surface area contributed by atoms with Crippen molar-refractivity contribution in [3.05, 3.63) is 53.1 Å². The molecule has 35 heavy (non-hydrogen) atoms. The number of carbonyl (C=O) groups is 1. The van der Waals surface area contributed by atoms with Crippen LogP contribution in [0.5, 0.6) is 0 Å². The van der Waals surface area contributed by atoms with Crippen molar-refractivity contribution >= 4 is 27.8 Å². The zero-order chi connectivity index (χ0) is 24.4. The highest BCUT2D eigenvalue weighted by Crippen LogP contribution is 2.37. The largest absolute Gasteiger partial charge is 0.338 e. The Bertz CT molecular complexity index is 1450. The maximum atomic E-state index is 13.2. The Hall–Kier alpha value is -3.12. The SMILES string of the molecule is CC(C)c1ccc2cc(-c3nc4cc5c(cc4n3C)CCN(C[C@@H](C)N)C5=O)n(CC3CC3)c2c1. The molecule has 182 valence electrons. The molecular weight excluding hydrogens is 434 g/mol. The lowest BCUT2D eigenvalue weighted by Crippen LogP contribution is -2.43. The number of hydrogen-bond donors (Lipinski definition) is 1. The van der Waals surface area contributed by atoms with E-state index in [1.807, 2.05) is 17.9 Å². The Labute approximate surface area is 206 Å². The van der Waals surface area contributed by atoms with Gasteiger partial charge in [0.25, 0.3) is 5.91 Å². The molecule has 6 heteroatoms. The molecular formula is C29H35N5O. The summed E-state index contributed by atoms with van der Waals surface area (Å²) in [5.41, 5.74) is 13.7. The van der Waals surface area contributed by atoms with Crippen molar-refractivity contribution in [3.8, 4) is 11.5 Å². The third-order valence-corrected chi connectivity index (χ3v) is 7.74. The molecule has 6 nitrogen and oxygen atoms in total. The van der Waals surface area contributed by atoms with Crippen LogP contribution in [0.15, 0.2) is 36.4 Å². The van der Waals surface area contributed by atoms with Crippen molar-refractivity contribution in [1.82, 2.24) is 19.0 Å². The third-order valence-electron chi connectivity index (χ3n) is 7.74. The number of rotatable bonds is 6. The average molecular weight is 470 g/mol. The molecule has 0 spiro atoms. The molecule has 2 aromatic carbocycles. The van der Waals surface area contributed by atoms with Crippen LogP contribution in [0.4, 0.5) is 0 Å². The van der Waals surface area contributed by atoms with E-state index in [1.54, 1.807) is 0 Å². The first kappa shape index (κ1) is 22.4. The summed E-state index contributed by atoms with van der Waals surface area (Å²) in [5, 5.41) is 1.26. The summed E-state index contributed by atoms with van der Waals surface area (Å²) < 4.78 is 4.69. The first-order valence-corrected chi connectivity index (χ1v) is 13.0. The molecule has 0 radical (unpaired) electrons. The Morgan fingerprint density at radius 1 is 1.09 bits per heavy atom. The zero-order valence-corrected chi connectivity index (χ0v) is 21.2. The van der Waals surface area contributed by atoms with Gasteiger partial charge in [-0.05, 0) is 73.4 Å². The smallest absolute Gasteiger partial charge is 0.254 e. The van der Waals surface area contributed by atoms with Crippen molar-refractivity contribution in [2.24, 2.45) is 18.7 Å². The van der Waals surface area contributed by atoms with Gasteiger partial charge in [-0.2, -0.15) is 0 Å². The molecule has 3 heterocycles. The number of imidazole rings is 1. The lowest BCUT2D eigenvalue weighted by atomic mass is 9.97. The molecule has 1 aliphatic heterocycles. The first-order valence-electron chi connectivity index (χ1n) is 13.0. The van der Waals surface area contributed by atoms with E-state index >= 15 is 0 Å². The second-order valence-electron chi connectivity index (χ2n) is 11.0. The Kier molecular flexibility index (Phi) is 5.26. The Balaban J connectivity index is 1.48. The van der Waals surface area contributed by atoms with E-state index in [1.165, 1.54) is 29.3 Å². The molecule has 2 N–H and O–H groups in total. The number of amides is 1. The van der Waals surface area contributed by atoms with Crippen LogP contribution in [-0.4, -0.2) is 44.1 Å². The maximum absolute atomic E-state index is 13.2. The van der Waals surface area contributed by atoms with Gasteiger partial charge < -0.3 is 19.8 Å². The number of benzene rings is 2. The van der Waals surface area contributed by atoms with Crippen LogP contribution in [0, 0.1) is 5.92 Å². The minimum absolute atomic E-state index is 0.0321. The van der Waals surface area contributed by atoms with Crippen LogP contribution in [0.3, 0.4) is 0 Å². The molecule has 1 fully saturated rings. The quantitative estimate of drug-likeness (QED) is 0.428. The fourth-order valence-corrected chi connectivity index (χ4v) is 5.54. The zero-order valence-electron chi connectivity index (χ0n) is 21.2. The van der Waals surface area contributed by atoms with Gasteiger partial charge in [0.2, 0.25) is 0 Å². The molecule has 2 aromatic heterocycles. The molecule has 1 amide bonds. The maximum Gasteiger partial charge on any atom is 0.254 e. The number of aryl methyl sites for hydroxylation is 1. The van der Waals surface area contributed by atoms with E-state index < -0.39 is 0 Å². The van der Waals surface area contributed by atoms with E-state index in [0.29, 0.717) is 12.5 Å². The van der Waals surface area contributed by atoms with Crippen molar-refractivity contribution in [3.63, 3.8) is 0 Å². The van der Waals surface area contributed by atoms with Gasteiger partial charge in [0.05, 0.1) is 16.7 Å². The normalized spacial score (nSPS) is 17.1. The topological polar surface area (TPSA) is 69.1 Å². The van der Waals surface area contributed by atoms with Crippen LogP contribution in [0.2, 0.25) is 0 Å². The summed E-state index contributed by atoms with van der Waals surface area (Å²) in [6.07, 6.45) is 3.46. The van der Waals surface area contributed by atoms with E-state index in [-0.39, 0.29) is 11.9 Å². The molecule has 0 bridgehead atoms. The van der Waals surface area contributed by atoms with Gasteiger partial charge in [-0.1, -0.05) is 26.0 Å². The van der Waals surface area contributed by atoms with Gasteiger partial charge in [-0.3, -0.25) is 4.79 Å². The van der Waals surface area contributed by atoms with Crippen molar-refractivity contribution in [2.75, 3.05) is 13.1 Å². The predicted octanol–water partition coefficient (Wildman–Crippen LogP) is 5.07. The summed E-state index contributed by atoms with van der Waals surface area (Å²) >= 11 is 0.